The zero-order valence-electron chi connectivity index (χ0n) is 11.4. The van der Waals surface area contributed by atoms with Crippen LogP contribution in [0.25, 0.3) is 0 Å². The Labute approximate surface area is 109 Å². The van der Waals surface area contributed by atoms with E-state index in [0.717, 1.165) is 25.6 Å². The van der Waals surface area contributed by atoms with Crippen LogP contribution in [-0.2, 0) is 19.4 Å². The lowest BCUT2D eigenvalue weighted by Crippen LogP contribution is -2.20. The summed E-state index contributed by atoms with van der Waals surface area (Å²) in [6.45, 7) is 3.85. The standard InChI is InChI=1S/C9H18N2O.CH4O4S/c1-5-6-8(11(3)4)7(2)9(10)12;1-5-6(2,3)4/h5-6H2,1-4H3,(H2,10,12);1H3,(H,2,3,4). The summed E-state index contributed by atoms with van der Waals surface area (Å²) in [4.78, 5) is 12.8. The van der Waals surface area contributed by atoms with Gasteiger partial charge in [-0.05, 0) is 13.3 Å². The molecule has 0 rings (SSSR count). The highest BCUT2D eigenvalue weighted by Gasteiger charge is 2.07. The maximum atomic E-state index is 10.9. The highest BCUT2D eigenvalue weighted by atomic mass is 32.3. The average molecular weight is 282 g/mol. The molecular weight excluding hydrogens is 260 g/mol. The lowest BCUT2D eigenvalue weighted by Gasteiger charge is -2.18. The molecule has 0 aromatic carbocycles. The van der Waals surface area contributed by atoms with Gasteiger partial charge in [0.05, 0.1) is 7.11 Å². The van der Waals surface area contributed by atoms with Crippen LogP contribution in [0.15, 0.2) is 11.3 Å². The first-order valence-corrected chi connectivity index (χ1v) is 6.63. The first kappa shape index (κ1) is 19.2. The van der Waals surface area contributed by atoms with E-state index in [1.165, 1.54) is 0 Å². The Kier molecular flexibility index (Phi) is 9.50. The second kappa shape index (κ2) is 8.90. The molecule has 1 amide bonds. The zero-order valence-corrected chi connectivity index (χ0v) is 12.2. The topological polar surface area (TPSA) is 110 Å². The molecule has 0 aliphatic heterocycles. The third-order valence-corrected chi connectivity index (χ3v) is 2.46. The van der Waals surface area contributed by atoms with Gasteiger partial charge in [-0.2, -0.15) is 8.42 Å². The van der Waals surface area contributed by atoms with Crippen LogP contribution in [0.3, 0.4) is 0 Å². The Morgan fingerprint density at radius 2 is 1.78 bits per heavy atom. The predicted octanol–water partition coefficient (Wildman–Crippen LogP) is 0.543. The first-order valence-electron chi connectivity index (χ1n) is 5.26. The van der Waals surface area contributed by atoms with Crippen LogP contribution in [0.5, 0.6) is 0 Å². The number of allylic oxidation sites excluding steroid dienone is 1. The molecule has 0 radical (unpaired) electrons. The van der Waals surface area contributed by atoms with Crippen LogP contribution in [0, 0.1) is 0 Å². The Morgan fingerprint density at radius 3 is 1.94 bits per heavy atom. The lowest BCUT2D eigenvalue weighted by molar-refractivity contribution is -0.114. The summed E-state index contributed by atoms with van der Waals surface area (Å²) < 4.78 is 29.7. The molecule has 18 heavy (non-hydrogen) atoms. The number of carbonyl (C=O) groups is 1. The maximum absolute atomic E-state index is 10.9. The molecule has 0 atom stereocenters. The Bertz CT molecular complexity index is 387. The van der Waals surface area contributed by atoms with Gasteiger partial charge in [0, 0.05) is 25.4 Å². The van der Waals surface area contributed by atoms with Crippen molar-refractivity contribution in [3.8, 4) is 0 Å². The molecule has 7 nitrogen and oxygen atoms in total. The fourth-order valence-corrected chi connectivity index (χ4v) is 1.13. The van der Waals surface area contributed by atoms with E-state index >= 15 is 0 Å². The van der Waals surface area contributed by atoms with Crippen molar-refractivity contribution in [1.29, 1.82) is 0 Å². The van der Waals surface area contributed by atoms with Crippen molar-refractivity contribution in [1.82, 2.24) is 4.90 Å². The van der Waals surface area contributed by atoms with Crippen LogP contribution in [-0.4, -0.2) is 45.0 Å². The minimum absolute atomic E-state index is 0.327. The molecule has 108 valence electrons. The van der Waals surface area contributed by atoms with E-state index in [1.54, 1.807) is 6.92 Å². The van der Waals surface area contributed by atoms with Gasteiger partial charge >= 0.3 is 10.4 Å². The molecule has 0 unspecified atom stereocenters. The van der Waals surface area contributed by atoms with Crippen LogP contribution < -0.4 is 5.73 Å². The third kappa shape index (κ3) is 10.1. The monoisotopic (exact) mass is 282 g/mol. The highest BCUT2D eigenvalue weighted by Crippen LogP contribution is 2.12. The number of carbonyl (C=O) groups excluding carboxylic acids is 1. The van der Waals surface area contributed by atoms with E-state index in [0.29, 0.717) is 5.57 Å². The highest BCUT2D eigenvalue weighted by molar-refractivity contribution is 7.80. The van der Waals surface area contributed by atoms with Gasteiger partial charge in [0.25, 0.3) is 0 Å². The SMILES string of the molecule is CCCC(=C(C)C(N)=O)N(C)C.COS(=O)(=O)O. The summed E-state index contributed by atoms with van der Waals surface area (Å²) in [5, 5.41) is 0. The van der Waals surface area contributed by atoms with Crippen LogP contribution in [0.1, 0.15) is 26.7 Å². The van der Waals surface area contributed by atoms with Gasteiger partial charge in [-0.1, -0.05) is 13.3 Å². The molecule has 0 saturated carbocycles. The maximum Gasteiger partial charge on any atom is 0.397 e. The first-order chi connectivity index (χ1) is 8.06. The van der Waals surface area contributed by atoms with Crippen LogP contribution >= 0.6 is 0 Å². The lowest BCUT2D eigenvalue weighted by atomic mass is 10.1. The summed E-state index contributed by atoms with van der Waals surface area (Å²) in [5.41, 5.74) is 6.88. The predicted molar refractivity (Wildman–Crippen MR) is 69.0 cm³/mol. The van der Waals surface area contributed by atoms with E-state index in [2.05, 4.69) is 11.1 Å². The van der Waals surface area contributed by atoms with Crippen molar-refractivity contribution in [2.45, 2.75) is 26.7 Å². The van der Waals surface area contributed by atoms with Crippen molar-refractivity contribution in [2.75, 3.05) is 21.2 Å². The van der Waals surface area contributed by atoms with Gasteiger partial charge in [0.15, 0.2) is 0 Å². The Balaban J connectivity index is 0. The minimum atomic E-state index is -4.16. The molecule has 0 aliphatic rings. The van der Waals surface area contributed by atoms with Crippen molar-refractivity contribution in [3.05, 3.63) is 11.3 Å². The number of rotatable bonds is 5. The second-order valence-corrected chi connectivity index (χ2v) is 4.86. The van der Waals surface area contributed by atoms with Crippen LogP contribution in [0.2, 0.25) is 0 Å². The van der Waals surface area contributed by atoms with Gasteiger partial charge in [0.2, 0.25) is 5.91 Å². The molecular formula is C10H22N2O5S. The van der Waals surface area contributed by atoms with Crippen molar-refractivity contribution in [2.24, 2.45) is 5.73 Å². The zero-order chi connectivity index (χ0) is 14.9. The Hall–Kier alpha value is -1.12. The van der Waals surface area contributed by atoms with E-state index in [-0.39, 0.29) is 5.91 Å². The van der Waals surface area contributed by atoms with Gasteiger partial charge in [0.1, 0.15) is 0 Å². The van der Waals surface area contributed by atoms with Crippen molar-refractivity contribution < 1.29 is 21.9 Å². The molecule has 0 aromatic rings. The number of nitrogens with two attached hydrogens (primary N) is 1. The van der Waals surface area contributed by atoms with E-state index in [1.807, 2.05) is 19.0 Å². The normalized spacial score (nSPS) is 12.1. The molecule has 0 aromatic heterocycles. The van der Waals surface area contributed by atoms with E-state index in [9.17, 15) is 13.2 Å². The largest absolute Gasteiger partial charge is 0.397 e. The van der Waals surface area contributed by atoms with Crippen molar-refractivity contribution in [3.63, 3.8) is 0 Å². The summed E-state index contributed by atoms with van der Waals surface area (Å²) in [5.74, 6) is -0.327. The van der Waals surface area contributed by atoms with Gasteiger partial charge in [-0.3, -0.25) is 13.5 Å². The molecule has 0 heterocycles. The molecule has 0 bridgehead atoms. The number of hydrogen-bond acceptors (Lipinski definition) is 5. The fraction of sp³-hybridized carbons (Fsp3) is 0.700. The van der Waals surface area contributed by atoms with Gasteiger partial charge < -0.3 is 10.6 Å². The van der Waals surface area contributed by atoms with Gasteiger partial charge in [-0.25, -0.2) is 0 Å². The fourth-order valence-electron chi connectivity index (χ4n) is 1.13. The van der Waals surface area contributed by atoms with Crippen LogP contribution in [0.4, 0.5) is 0 Å². The number of nitrogens with zero attached hydrogens (tertiary/aromatic N) is 1. The summed E-state index contributed by atoms with van der Waals surface area (Å²) in [7, 11) is 0.564. The number of hydrogen-bond donors (Lipinski definition) is 2. The molecule has 3 N–H and O–H groups in total. The minimum Gasteiger partial charge on any atom is -0.381 e. The Morgan fingerprint density at radius 1 is 1.39 bits per heavy atom. The third-order valence-electron chi connectivity index (χ3n) is 2.04. The molecule has 0 saturated heterocycles. The second-order valence-electron chi connectivity index (χ2n) is 3.67. The van der Waals surface area contributed by atoms with E-state index in [4.69, 9.17) is 10.3 Å². The molecule has 0 aliphatic carbocycles. The number of amides is 1. The average Bonchev–Trinajstić information content (AvgIpc) is 2.24. The number of primary amides is 1. The summed E-state index contributed by atoms with van der Waals surface area (Å²) >= 11 is 0. The molecule has 0 spiro atoms. The summed E-state index contributed by atoms with van der Waals surface area (Å²) in [6.07, 6.45) is 1.93. The smallest absolute Gasteiger partial charge is 0.381 e. The van der Waals surface area contributed by atoms with E-state index < -0.39 is 10.4 Å². The molecule has 8 heteroatoms. The summed E-state index contributed by atoms with van der Waals surface area (Å²) in [6, 6.07) is 0. The van der Waals surface area contributed by atoms with Crippen molar-refractivity contribution >= 4 is 16.3 Å². The molecule has 0 fully saturated rings. The van der Waals surface area contributed by atoms with Gasteiger partial charge in [-0.15, -0.1) is 0 Å². The quantitative estimate of drug-likeness (QED) is 0.562.